The summed E-state index contributed by atoms with van der Waals surface area (Å²) in [5.74, 6) is -0.368. The van der Waals surface area contributed by atoms with Gasteiger partial charge >= 0.3 is 6.03 Å². The third kappa shape index (κ3) is 5.91. The van der Waals surface area contributed by atoms with Gasteiger partial charge < -0.3 is 19.9 Å². The lowest BCUT2D eigenvalue weighted by molar-refractivity contribution is -0.00264. The number of benzene rings is 1. The molecule has 1 aromatic carbocycles. The molecule has 2 atom stereocenters. The Labute approximate surface area is 256 Å². The number of urea groups is 1. The summed E-state index contributed by atoms with van der Waals surface area (Å²) in [6, 6.07) is 6.63. The molecule has 236 valence electrons. The minimum atomic E-state index is -0.567. The number of methoxy groups -OCH3 is 1. The molecule has 44 heavy (non-hydrogen) atoms. The first-order chi connectivity index (χ1) is 21.2. The molecule has 0 radical (unpaired) electrons. The molecule has 1 saturated carbocycles. The van der Waals surface area contributed by atoms with Crippen LogP contribution >= 0.6 is 0 Å². The highest BCUT2D eigenvalue weighted by molar-refractivity contribution is 5.75. The number of aromatic nitrogens is 2. The number of hydrogen-bond acceptors (Lipinski definition) is 6. The Hall–Kier alpha value is -3.57. The normalized spacial score (nSPS) is 22.3. The van der Waals surface area contributed by atoms with Crippen molar-refractivity contribution in [2.75, 3.05) is 33.3 Å². The van der Waals surface area contributed by atoms with Gasteiger partial charge in [0.2, 0.25) is 0 Å². The van der Waals surface area contributed by atoms with E-state index in [-0.39, 0.29) is 34.8 Å². The van der Waals surface area contributed by atoms with Gasteiger partial charge in [0.15, 0.2) is 0 Å². The molecule has 6 rings (SSSR count). The number of nitrogens with one attached hydrogen (secondary N) is 1. The molecule has 3 fully saturated rings. The van der Waals surface area contributed by atoms with Crippen LogP contribution < -0.4 is 15.6 Å². The zero-order valence-corrected chi connectivity index (χ0v) is 25.8. The van der Waals surface area contributed by atoms with Gasteiger partial charge in [0.25, 0.3) is 5.56 Å². The summed E-state index contributed by atoms with van der Waals surface area (Å²) in [4.78, 5) is 38.2. The molecule has 2 saturated heterocycles. The molecule has 3 aromatic rings. The van der Waals surface area contributed by atoms with Crippen molar-refractivity contribution >= 4 is 11.7 Å². The summed E-state index contributed by atoms with van der Waals surface area (Å²) in [6.45, 7) is 6.68. The second-order valence-corrected chi connectivity index (χ2v) is 12.9. The molecule has 9 nitrogen and oxygen atoms in total. The summed E-state index contributed by atoms with van der Waals surface area (Å²) in [5.41, 5.74) is 1.00. The molecule has 2 amide bonds. The van der Waals surface area contributed by atoms with Gasteiger partial charge in [-0.05, 0) is 49.9 Å². The van der Waals surface area contributed by atoms with Gasteiger partial charge in [0.1, 0.15) is 23.0 Å². The predicted octanol–water partition coefficient (Wildman–Crippen LogP) is 4.74. The van der Waals surface area contributed by atoms with Crippen LogP contribution in [0.3, 0.4) is 0 Å². The number of carbonyl (C=O) groups excluding carboxylic acids is 1. The summed E-state index contributed by atoms with van der Waals surface area (Å²) < 4.78 is 36.3. The van der Waals surface area contributed by atoms with Crippen LogP contribution in [-0.2, 0) is 6.54 Å². The Morgan fingerprint density at radius 2 is 1.93 bits per heavy atom. The Morgan fingerprint density at radius 1 is 1.14 bits per heavy atom. The highest BCUT2D eigenvalue weighted by Crippen LogP contribution is 2.40. The number of likely N-dealkylation sites (tertiary alicyclic amines) is 1. The van der Waals surface area contributed by atoms with E-state index in [1.165, 1.54) is 6.07 Å². The number of piperazine rings is 1. The van der Waals surface area contributed by atoms with E-state index in [0.717, 1.165) is 44.2 Å². The zero-order chi connectivity index (χ0) is 31.0. The quantitative estimate of drug-likeness (QED) is 0.436. The minimum absolute atomic E-state index is 0.0977. The van der Waals surface area contributed by atoms with Crippen LogP contribution in [0.4, 0.5) is 13.6 Å². The third-order valence-electron chi connectivity index (χ3n) is 9.68. The van der Waals surface area contributed by atoms with Crippen LogP contribution in [0.25, 0.3) is 5.65 Å². The van der Waals surface area contributed by atoms with Crippen molar-refractivity contribution in [3.05, 3.63) is 75.8 Å². The number of pyridine rings is 1. The number of fused-ring (bicyclic) bond motifs is 1. The number of hydrogen-bond donors (Lipinski definition) is 1. The lowest BCUT2D eigenvalue weighted by atomic mass is 9.89. The first-order valence-electron chi connectivity index (χ1n) is 15.7. The van der Waals surface area contributed by atoms with Crippen molar-refractivity contribution in [1.29, 1.82) is 0 Å². The monoisotopic (exact) mass is 608 g/mol. The molecule has 1 N–H and O–H groups in total. The molecule has 0 unspecified atom stereocenters. The number of amides is 2. The topological polar surface area (TPSA) is 82.4 Å². The number of carbonyl (C=O) groups is 1. The van der Waals surface area contributed by atoms with E-state index in [1.54, 1.807) is 40.9 Å². The van der Waals surface area contributed by atoms with Gasteiger partial charge in [-0.25, -0.2) is 18.6 Å². The molecule has 0 bridgehead atoms. The van der Waals surface area contributed by atoms with Gasteiger partial charge in [-0.15, -0.1) is 0 Å². The van der Waals surface area contributed by atoms with E-state index in [9.17, 15) is 14.0 Å². The fraction of sp³-hybridized carbons (Fsp3) is 0.545. The number of ether oxygens (including phenoxy) is 1. The highest BCUT2D eigenvalue weighted by atomic mass is 19.1. The maximum Gasteiger partial charge on any atom is 0.320 e. The SMILES string of the molecule is COc1ccn2c(=O)c(CN3CCN(C(=O)N4CC[C@@H](NC(C)C)C[C@H]4c4cc(F)ccc4F)CC34CCCC4)cnc2c1. The van der Waals surface area contributed by atoms with E-state index in [2.05, 4.69) is 29.0 Å². The molecule has 1 spiro atoms. The lowest BCUT2D eigenvalue weighted by Gasteiger charge is -2.51. The maximum absolute atomic E-state index is 15.1. The van der Waals surface area contributed by atoms with Crippen LogP contribution in [0.5, 0.6) is 5.75 Å². The van der Waals surface area contributed by atoms with Gasteiger partial charge in [-0.1, -0.05) is 26.7 Å². The van der Waals surface area contributed by atoms with Crippen molar-refractivity contribution in [1.82, 2.24) is 29.4 Å². The number of piperidine rings is 1. The Kier molecular flexibility index (Phi) is 8.61. The van der Waals surface area contributed by atoms with Gasteiger partial charge in [-0.3, -0.25) is 14.1 Å². The fourth-order valence-corrected chi connectivity index (χ4v) is 7.53. The first kappa shape index (κ1) is 30.5. The van der Waals surface area contributed by atoms with Crippen molar-refractivity contribution < 1.29 is 18.3 Å². The molecule has 11 heteroatoms. The Morgan fingerprint density at radius 3 is 2.68 bits per heavy atom. The second-order valence-electron chi connectivity index (χ2n) is 12.9. The van der Waals surface area contributed by atoms with E-state index in [1.807, 2.05) is 4.90 Å². The standard InChI is InChI=1S/C33H42F2N6O3/c1-22(2)37-25-8-12-40(29(17-25)27-16-24(34)6-7-28(27)35)32(43)38-14-15-39(33(21-38)10-4-5-11-33)20-23-19-36-30-18-26(44-3)9-13-41(30)31(23)42/h6-7,9,13,16,18-19,22,25,29,37H,4-5,8,10-12,14-15,17,20-21H2,1-3H3/t25-,29+/m1/s1. The molecular weight excluding hydrogens is 566 g/mol. The Bertz CT molecular complexity index is 1570. The van der Waals surface area contributed by atoms with Gasteiger partial charge in [0, 0.05) is 74.4 Å². The number of halogens is 2. The highest BCUT2D eigenvalue weighted by Gasteiger charge is 2.47. The van der Waals surface area contributed by atoms with Crippen molar-refractivity contribution in [2.45, 2.75) is 82.6 Å². The van der Waals surface area contributed by atoms with Gasteiger partial charge in [0.05, 0.1) is 18.7 Å². The van der Waals surface area contributed by atoms with Crippen LogP contribution in [0.15, 0.2) is 47.5 Å². The summed E-state index contributed by atoms with van der Waals surface area (Å²) in [7, 11) is 1.58. The summed E-state index contributed by atoms with van der Waals surface area (Å²) in [6.07, 6.45) is 8.56. The molecule has 3 aliphatic rings. The van der Waals surface area contributed by atoms with Crippen LogP contribution in [-0.4, -0.2) is 81.0 Å². The molecular formula is C33H42F2N6O3. The largest absolute Gasteiger partial charge is 0.497 e. The maximum atomic E-state index is 15.1. The van der Waals surface area contributed by atoms with E-state index >= 15 is 4.39 Å². The third-order valence-corrected chi connectivity index (χ3v) is 9.68. The average molecular weight is 609 g/mol. The van der Waals surface area contributed by atoms with E-state index < -0.39 is 17.7 Å². The van der Waals surface area contributed by atoms with Crippen molar-refractivity contribution in [3.8, 4) is 5.75 Å². The van der Waals surface area contributed by atoms with Crippen LogP contribution in [0, 0.1) is 11.6 Å². The first-order valence-corrected chi connectivity index (χ1v) is 15.7. The Balaban J connectivity index is 1.23. The fourth-order valence-electron chi connectivity index (χ4n) is 7.53. The van der Waals surface area contributed by atoms with E-state index in [4.69, 9.17) is 4.74 Å². The lowest BCUT2D eigenvalue weighted by Crippen LogP contribution is -2.64. The average Bonchev–Trinajstić information content (AvgIpc) is 3.48. The molecule has 2 aromatic heterocycles. The minimum Gasteiger partial charge on any atom is -0.497 e. The van der Waals surface area contributed by atoms with Crippen molar-refractivity contribution in [3.63, 3.8) is 0 Å². The molecule has 1 aliphatic carbocycles. The van der Waals surface area contributed by atoms with Crippen LogP contribution in [0.1, 0.15) is 69.5 Å². The zero-order valence-electron chi connectivity index (χ0n) is 25.8. The number of nitrogens with zero attached hydrogens (tertiary/aromatic N) is 5. The summed E-state index contributed by atoms with van der Waals surface area (Å²) >= 11 is 0. The molecule has 4 heterocycles. The second kappa shape index (κ2) is 12.4. The smallest absolute Gasteiger partial charge is 0.320 e. The predicted molar refractivity (Wildman–Crippen MR) is 164 cm³/mol. The van der Waals surface area contributed by atoms with E-state index in [0.29, 0.717) is 56.1 Å². The van der Waals surface area contributed by atoms with Gasteiger partial charge in [-0.2, -0.15) is 0 Å². The number of rotatable bonds is 6. The molecule has 2 aliphatic heterocycles. The van der Waals surface area contributed by atoms with Crippen LogP contribution in [0.2, 0.25) is 0 Å². The van der Waals surface area contributed by atoms with Crippen molar-refractivity contribution in [2.24, 2.45) is 0 Å². The summed E-state index contributed by atoms with van der Waals surface area (Å²) in [5, 5.41) is 3.53.